The highest BCUT2D eigenvalue weighted by molar-refractivity contribution is 7.88. The van der Waals surface area contributed by atoms with Crippen molar-refractivity contribution in [1.29, 1.82) is 0 Å². The predicted molar refractivity (Wildman–Crippen MR) is 72.6 cm³/mol. The molecule has 0 spiro atoms. The minimum absolute atomic E-state index is 0.304. The van der Waals surface area contributed by atoms with Crippen molar-refractivity contribution in [3.63, 3.8) is 0 Å². The molecule has 4 rings (SSSR count). The number of hydrogen-bond acceptors (Lipinski definition) is 6. The molecule has 21 heavy (non-hydrogen) atoms. The fourth-order valence-electron chi connectivity index (χ4n) is 2.61. The Morgan fingerprint density at radius 3 is 2.71 bits per heavy atom. The Bertz CT molecular complexity index is 818. The van der Waals surface area contributed by atoms with E-state index in [0.29, 0.717) is 30.6 Å². The third kappa shape index (κ3) is 2.07. The molecule has 0 radical (unpaired) electrons. The minimum atomic E-state index is -3.23. The third-order valence-electron chi connectivity index (χ3n) is 3.99. The van der Waals surface area contributed by atoms with E-state index in [9.17, 15) is 8.42 Å². The van der Waals surface area contributed by atoms with Crippen molar-refractivity contribution >= 4 is 10.0 Å². The van der Waals surface area contributed by atoms with Crippen LogP contribution in [0.4, 0.5) is 0 Å². The zero-order valence-electron chi connectivity index (χ0n) is 11.8. The van der Waals surface area contributed by atoms with Crippen LogP contribution in [0.2, 0.25) is 0 Å². The van der Waals surface area contributed by atoms with Crippen LogP contribution < -0.4 is 0 Å². The monoisotopic (exact) mass is 309 g/mol. The second-order valence-electron chi connectivity index (χ2n) is 5.66. The lowest BCUT2D eigenvalue weighted by atomic mass is 10.2. The summed E-state index contributed by atoms with van der Waals surface area (Å²) in [5.41, 5.74) is 2.33. The molecule has 1 aliphatic heterocycles. The maximum atomic E-state index is 11.7. The molecule has 0 aromatic carbocycles. The lowest BCUT2D eigenvalue weighted by Gasteiger charge is -2.11. The summed E-state index contributed by atoms with van der Waals surface area (Å²) in [6.45, 7) is 0.639. The number of nitrogens with zero attached hydrogens (tertiary/aromatic N) is 5. The van der Waals surface area contributed by atoms with Gasteiger partial charge in [0.05, 0.1) is 18.5 Å². The molecule has 112 valence electrons. The van der Waals surface area contributed by atoms with E-state index >= 15 is 0 Å². The number of fused-ring (bicyclic) bond motifs is 1. The van der Waals surface area contributed by atoms with Gasteiger partial charge in [-0.25, -0.2) is 8.42 Å². The first kappa shape index (κ1) is 13.0. The average molecular weight is 309 g/mol. The highest BCUT2D eigenvalue weighted by atomic mass is 32.2. The van der Waals surface area contributed by atoms with Crippen molar-refractivity contribution in [2.45, 2.75) is 31.8 Å². The smallest absolute Gasteiger partial charge is 0.278 e. The molecular formula is C12H15N5O3S. The Morgan fingerprint density at radius 1 is 1.29 bits per heavy atom. The Labute approximate surface area is 121 Å². The molecule has 2 aliphatic rings. The number of aryl methyl sites for hydroxylation is 1. The van der Waals surface area contributed by atoms with Gasteiger partial charge >= 0.3 is 0 Å². The van der Waals surface area contributed by atoms with E-state index in [1.54, 1.807) is 11.7 Å². The summed E-state index contributed by atoms with van der Waals surface area (Å²) < 4.78 is 31.8. The molecule has 1 fully saturated rings. The highest BCUT2D eigenvalue weighted by Gasteiger charge is 2.35. The first-order chi connectivity index (χ1) is 9.93. The van der Waals surface area contributed by atoms with E-state index in [1.807, 2.05) is 0 Å². The average Bonchev–Trinajstić information content (AvgIpc) is 2.88. The van der Waals surface area contributed by atoms with E-state index in [4.69, 9.17) is 4.52 Å². The van der Waals surface area contributed by atoms with Gasteiger partial charge in [0, 0.05) is 25.1 Å². The molecule has 8 nitrogen and oxygen atoms in total. The second-order valence-corrected chi connectivity index (χ2v) is 7.64. The van der Waals surface area contributed by atoms with Gasteiger partial charge in [0.2, 0.25) is 10.0 Å². The topological polar surface area (TPSA) is 94.1 Å². The first-order valence-electron chi connectivity index (χ1n) is 6.77. The summed E-state index contributed by atoms with van der Waals surface area (Å²) in [5.74, 6) is 1.51. The highest BCUT2D eigenvalue weighted by Crippen LogP contribution is 2.39. The molecule has 0 bridgehead atoms. The van der Waals surface area contributed by atoms with Crippen LogP contribution in [0.3, 0.4) is 0 Å². The summed E-state index contributed by atoms with van der Waals surface area (Å²) >= 11 is 0. The molecule has 0 amide bonds. The van der Waals surface area contributed by atoms with Crippen LogP contribution in [0.1, 0.15) is 35.8 Å². The molecule has 2 aromatic heterocycles. The van der Waals surface area contributed by atoms with Gasteiger partial charge in [0.25, 0.3) is 5.89 Å². The first-order valence-corrected chi connectivity index (χ1v) is 8.62. The van der Waals surface area contributed by atoms with Crippen LogP contribution >= 0.6 is 0 Å². The van der Waals surface area contributed by atoms with E-state index < -0.39 is 10.0 Å². The van der Waals surface area contributed by atoms with E-state index in [2.05, 4.69) is 15.2 Å². The zero-order valence-corrected chi connectivity index (χ0v) is 12.6. The molecule has 2 aromatic rings. The van der Waals surface area contributed by atoms with Crippen LogP contribution in [-0.2, 0) is 30.2 Å². The summed E-state index contributed by atoms with van der Waals surface area (Å²) in [6, 6.07) is 0. The van der Waals surface area contributed by atoms with Gasteiger partial charge in [-0.05, 0) is 12.8 Å². The van der Waals surface area contributed by atoms with Crippen LogP contribution in [0.5, 0.6) is 0 Å². The Kier molecular flexibility index (Phi) is 2.55. The van der Waals surface area contributed by atoms with Gasteiger partial charge in [-0.15, -0.1) is 0 Å². The van der Waals surface area contributed by atoms with E-state index in [1.165, 1.54) is 10.6 Å². The van der Waals surface area contributed by atoms with Crippen LogP contribution in [0.15, 0.2) is 4.52 Å². The number of rotatable bonds is 3. The summed E-state index contributed by atoms with van der Waals surface area (Å²) in [4.78, 5) is 4.40. The molecule has 0 saturated heterocycles. The predicted octanol–water partition coefficient (Wildman–Crippen LogP) is 0.623. The van der Waals surface area contributed by atoms with Crippen molar-refractivity contribution in [2.75, 3.05) is 6.26 Å². The fourth-order valence-corrected chi connectivity index (χ4v) is 3.33. The second kappa shape index (κ2) is 4.14. The quantitative estimate of drug-likeness (QED) is 0.825. The molecule has 0 N–H and O–H groups in total. The van der Waals surface area contributed by atoms with Crippen molar-refractivity contribution in [1.82, 2.24) is 24.2 Å². The van der Waals surface area contributed by atoms with Gasteiger partial charge in [-0.1, -0.05) is 5.16 Å². The molecule has 1 aliphatic carbocycles. The van der Waals surface area contributed by atoms with Gasteiger partial charge in [0.1, 0.15) is 0 Å². The Hall–Kier alpha value is -1.74. The summed E-state index contributed by atoms with van der Waals surface area (Å²) in [7, 11) is -1.43. The molecular weight excluding hydrogens is 294 g/mol. The number of sulfonamides is 1. The van der Waals surface area contributed by atoms with Crippen molar-refractivity contribution in [3.8, 4) is 11.6 Å². The zero-order chi connectivity index (χ0) is 14.8. The van der Waals surface area contributed by atoms with Crippen LogP contribution in [0, 0.1) is 0 Å². The normalized spacial score (nSPS) is 19.1. The summed E-state index contributed by atoms with van der Waals surface area (Å²) in [6.07, 6.45) is 3.41. The Morgan fingerprint density at radius 2 is 2.05 bits per heavy atom. The van der Waals surface area contributed by atoms with Gasteiger partial charge in [-0.2, -0.15) is 14.4 Å². The molecule has 3 heterocycles. The third-order valence-corrected chi connectivity index (χ3v) is 5.19. The maximum Gasteiger partial charge on any atom is 0.278 e. The SMILES string of the molecule is Cn1nc(-c2nc(C3CC3)no2)c2c1CN(S(C)(=O)=O)C2. The lowest BCUT2D eigenvalue weighted by molar-refractivity contribution is 0.414. The van der Waals surface area contributed by atoms with Crippen molar-refractivity contribution in [3.05, 3.63) is 17.1 Å². The molecule has 0 unspecified atom stereocenters. The van der Waals surface area contributed by atoms with E-state index in [0.717, 1.165) is 29.9 Å². The van der Waals surface area contributed by atoms with Crippen LogP contribution in [0.25, 0.3) is 11.6 Å². The number of hydrogen-bond donors (Lipinski definition) is 0. The lowest BCUT2D eigenvalue weighted by Crippen LogP contribution is -2.24. The van der Waals surface area contributed by atoms with Gasteiger partial charge < -0.3 is 4.52 Å². The molecule has 0 atom stereocenters. The van der Waals surface area contributed by atoms with Crippen molar-refractivity contribution < 1.29 is 12.9 Å². The maximum absolute atomic E-state index is 11.7. The molecule has 9 heteroatoms. The summed E-state index contributed by atoms with van der Waals surface area (Å²) in [5, 5.41) is 8.40. The fraction of sp³-hybridized carbons (Fsp3) is 0.583. The van der Waals surface area contributed by atoms with E-state index in [-0.39, 0.29) is 0 Å². The minimum Gasteiger partial charge on any atom is -0.332 e. The van der Waals surface area contributed by atoms with Crippen LogP contribution in [-0.4, -0.2) is 38.9 Å². The van der Waals surface area contributed by atoms with Crippen molar-refractivity contribution in [2.24, 2.45) is 7.05 Å². The number of aromatic nitrogens is 4. The standard InChI is InChI=1S/C12H15N5O3S/c1-16-9-6-17(21(2,18)19)5-8(9)10(14-16)12-13-11(15-20-12)7-3-4-7/h7H,3-6H2,1-2H3. The van der Waals surface area contributed by atoms with Gasteiger partial charge in [-0.3, -0.25) is 4.68 Å². The Balaban J connectivity index is 1.73. The van der Waals surface area contributed by atoms with Gasteiger partial charge in [0.15, 0.2) is 11.5 Å². The molecule has 1 saturated carbocycles. The largest absolute Gasteiger partial charge is 0.332 e.